The summed E-state index contributed by atoms with van der Waals surface area (Å²) in [6.07, 6.45) is 2.95. The van der Waals surface area contributed by atoms with Gasteiger partial charge in [0.15, 0.2) is 19.0 Å². The van der Waals surface area contributed by atoms with Gasteiger partial charge in [0, 0.05) is 18.4 Å². The Morgan fingerprint density at radius 1 is 1.24 bits per heavy atom. The second-order valence-electron chi connectivity index (χ2n) is 3.99. The van der Waals surface area contributed by atoms with Gasteiger partial charge in [-0.2, -0.15) is 0 Å². The summed E-state index contributed by atoms with van der Waals surface area (Å²) in [5, 5.41) is 11.6. The Morgan fingerprint density at radius 2 is 1.94 bits per heavy atom. The lowest BCUT2D eigenvalue weighted by molar-refractivity contribution is -0.471. The number of benzene rings is 1. The summed E-state index contributed by atoms with van der Waals surface area (Å²) in [5.74, 6) is 0. The van der Waals surface area contributed by atoms with Gasteiger partial charge in [-0.3, -0.25) is 0 Å². The summed E-state index contributed by atoms with van der Waals surface area (Å²) in [7, 11) is 0. The van der Waals surface area contributed by atoms with Crippen molar-refractivity contribution < 1.29 is 14.2 Å². The second kappa shape index (κ2) is 6.37. The molecule has 0 aliphatic carbocycles. The van der Waals surface area contributed by atoms with Gasteiger partial charge in [-0.15, -0.1) is 0 Å². The average Bonchev–Trinajstić information content (AvgIpc) is 2.83. The van der Waals surface area contributed by atoms with Crippen LogP contribution in [0.1, 0.15) is 18.4 Å². The normalized spacial score (nSPS) is 17.5. The van der Waals surface area contributed by atoms with Gasteiger partial charge in [0.25, 0.3) is 0 Å². The first-order valence-corrected chi connectivity index (χ1v) is 5.89. The zero-order valence-corrected chi connectivity index (χ0v) is 9.75. The number of nitrogens with zero attached hydrogens (tertiary/aromatic N) is 1. The summed E-state index contributed by atoms with van der Waals surface area (Å²) >= 11 is 0. The highest BCUT2D eigenvalue weighted by atomic mass is 16.7. The van der Waals surface area contributed by atoms with Crippen LogP contribution in [-0.4, -0.2) is 30.5 Å². The van der Waals surface area contributed by atoms with Crippen molar-refractivity contribution in [1.29, 1.82) is 0 Å². The van der Waals surface area contributed by atoms with Crippen molar-refractivity contribution in [2.45, 2.75) is 25.7 Å². The predicted octanol–water partition coefficient (Wildman–Crippen LogP) is 1.92. The topological polar surface area (TPSA) is 44.5 Å². The number of hydrogen-bond acceptors (Lipinski definition) is 3. The zero-order valence-electron chi connectivity index (χ0n) is 9.75. The molecule has 4 nitrogen and oxygen atoms in total. The molecule has 0 saturated carbocycles. The molecule has 0 atom stereocenters. The first kappa shape index (κ1) is 12.1. The summed E-state index contributed by atoms with van der Waals surface area (Å²) < 4.78 is 11.5. The largest absolute Gasteiger partial charge is 0.624 e. The predicted molar refractivity (Wildman–Crippen MR) is 64.8 cm³/mol. The molecule has 1 heterocycles. The molecule has 0 unspecified atom stereocenters. The van der Waals surface area contributed by atoms with Crippen molar-refractivity contribution in [2.24, 2.45) is 0 Å². The monoisotopic (exact) mass is 235 g/mol. The molecule has 4 heteroatoms. The Morgan fingerprint density at radius 3 is 2.65 bits per heavy atom. The van der Waals surface area contributed by atoms with Crippen LogP contribution >= 0.6 is 0 Å². The maximum atomic E-state index is 11.6. The third-order valence-electron chi connectivity index (χ3n) is 2.61. The van der Waals surface area contributed by atoms with Gasteiger partial charge in [-0.1, -0.05) is 30.3 Å². The Bertz CT molecular complexity index is 358. The molecular formula is C13H17NO3. The molecular weight excluding hydrogens is 218 g/mol. The van der Waals surface area contributed by atoms with Gasteiger partial charge in [-0.05, 0) is 0 Å². The highest BCUT2D eigenvalue weighted by Gasteiger charge is 2.14. The average molecular weight is 235 g/mol. The molecule has 1 aliphatic heterocycles. The molecule has 1 aliphatic rings. The fourth-order valence-corrected chi connectivity index (χ4v) is 1.76. The van der Waals surface area contributed by atoms with Crippen molar-refractivity contribution in [3.05, 3.63) is 41.1 Å². The zero-order chi connectivity index (χ0) is 11.9. The van der Waals surface area contributed by atoms with Crippen LogP contribution in [0, 0.1) is 5.21 Å². The van der Waals surface area contributed by atoms with E-state index in [1.165, 1.54) is 0 Å². The summed E-state index contributed by atoms with van der Waals surface area (Å²) in [5.41, 5.74) is 1.02. The molecule has 0 spiro atoms. The molecule has 0 amide bonds. The molecule has 0 aromatic heterocycles. The first-order valence-electron chi connectivity index (χ1n) is 5.89. The molecule has 0 bridgehead atoms. The molecule has 1 aromatic rings. The number of rotatable bonds is 5. The molecule has 0 N–H and O–H groups in total. The minimum Gasteiger partial charge on any atom is -0.624 e. The van der Waals surface area contributed by atoms with Crippen LogP contribution < -0.4 is 0 Å². The lowest BCUT2D eigenvalue weighted by Crippen LogP contribution is -2.10. The van der Waals surface area contributed by atoms with Crippen LogP contribution in [0.25, 0.3) is 0 Å². The molecule has 2 rings (SSSR count). The highest BCUT2D eigenvalue weighted by molar-refractivity contribution is 5.51. The van der Waals surface area contributed by atoms with E-state index in [0.29, 0.717) is 26.2 Å². The lowest BCUT2D eigenvalue weighted by Gasteiger charge is -2.07. The van der Waals surface area contributed by atoms with Gasteiger partial charge in [0.05, 0.1) is 13.2 Å². The van der Waals surface area contributed by atoms with Gasteiger partial charge in [-0.25, -0.2) is 4.74 Å². The molecule has 92 valence electrons. The molecule has 1 saturated heterocycles. The maximum Gasteiger partial charge on any atom is 0.178 e. The van der Waals surface area contributed by atoms with Gasteiger partial charge in [0.1, 0.15) is 0 Å². The number of hydrogen-bond donors (Lipinski definition) is 0. The van der Waals surface area contributed by atoms with Crippen LogP contribution in [0.4, 0.5) is 0 Å². The van der Waals surface area contributed by atoms with E-state index < -0.39 is 0 Å². The number of ether oxygens (including phenoxy) is 2. The smallest absolute Gasteiger partial charge is 0.178 e. The van der Waals surface area contributed by atoms with Crippen molar-refractivity contribution >= 4 is 6.21 Å². The molecule has 17 heavy (non-hydrogen) atoms. The Labute approximate surface area is 101 Å². The Hall–Kier alpha value is -1.39. The minimum absolute atomic E-state index is 0.128. The second-order valence-corrected chi connectivity index (χ2v) is 3.99. The highest BCUT2D eigenvalue weighted by Crippen LogP contribution is 2.09. The fourth-order valence-electron chi connectivity index (χ4n) is 1.76. The minimum atomic E-state index is -0.128. The maximum absolute atomic E-state index is 11.6. The van der Waals surface area contributed by atoms with Gasteiger partial charge >= 0.3 is 0 Å². The van der Waals surface area contributed by atoms with E-state index in [9.17, 15) is 5.21 Å². The summed E-state index contributed by atoms with van der Waals surface area (Å²) in [6, 6.07) is 9.70. The Kier molecular flexibility index (Phi) is 4.53. The van der Waals surface area contributed by atoms with E-state index in [4.69, 9.17) is 9.47 Å². The lowest BCUT2D eigenvalue weighted by atomic mass is 10.2. The van der Waals surface area contributed by atoms with Crippen LogP contribution in [0.2, 0.25) is 0 Å². The van der Waals surface area contributed by atoms with Crippen molar-refractivity contribution in [1.82, 2.24) is 0 Å². The number of hydroxylamine groups is 1. The van der Waals surface area contributed by atoms with E-state index in [-0.39, 0.29) is 6.29 Å². The van der Waals surface area contributed by atoms with Gasteiger partial charge in [0.2, 0.25) is 0 Å². The van der Waals surface area contributed by atoms with Crippen molar-refractivity contribution in [3.8, 4) is 0 Å². The third kappa shape index (κ3) is 4.17. The van der Waals surface area contributed by atoms with Crippen LogP contribution in [0.15, 0.2) is 30.3 Å². The van der Waals surface area contributed by atoms with E-state index in [1.807, 2.05) is 30.3 Å². The van der Waals surface area contributed by atoms with E-state index in [2.05, 4.69) is 0 Å². The summed E-state index contributed by atoms with van der Waals surface area (Å²) in [4.78, 5) is 0. The van der Waals surface area contributed by atoms with Crippen molar-refractivity contribution in [2.75, 3.05) is 13.2 Å². The SMILES string of the molecule is [O-]/[N+](=C\CCC1OCCO1)Cc1ccccc1. The first-order chi connectivity index (χ1) is 8.34. The standard InChI is InChI=1S/C13H17NO3/c15-14(11-12-5-2-1-3-6-12)8-4-7-13-16-9-10-17-13/h1-3,5-6,8,13H,4,7,9-11H2/b14-8-. The molecule has 1 aromatic carbocycles. The Balaban J connectivity index is 1.73. The fraction of sp³-hybridized carbons (Fsp3) is 0.462. The van der Waals surface area contributed by atoms with Crippen LogP contribution in [0.3, 0.4) is 0 Å². The van der Waals surface area contributed by atoms with Crippen molar-refractivity contribution in [3.63, 3.8) is 0 Å². The van der Waals surface area contributed by atoms with E-state index in [1.54, 1.807) is 6.21 Å². The third-order valence-corrected chi connectivity index (χ3v) is 2.61. The van der Waals surface area contributed by atoms with Gasteiger partial charge < -0.3 is 14.7 Å². The quantitative estimate of drug-likeness (QED) is 0.339. The molecule has 0 radical (unpaired) electrons. The van der Waals surface area contributed by atoms with E-state index in [0.717, 1.165) is 16.7 Å². The summed E-state index contributed by atoms with van der Waals surface area (Å²) in [6.45, 7) is 1.72. The molecule has 1 fully saturated rings. The van der Waals surface area contributed by atoms with Crippen LogP contribution in [-0.2, 0) is 16.0 Å². The van der Waals surface area contributed by atoms with E-state index >= 15 is 0 Å². The van der Waals surface area contributed by atoms with Crippen LogP contribution in [0.5, 0.6) is 0 Å².